The Morgan fingerprint density at radius 3 is 2.65 bits per heavy atom. The van der Waals surface area contributed by atoms with Gasteiger partial charge in [-0.3, -0.25) is 4.90 Å². The molecule has 0 aromatic carbocycles. The zero-order valence-electron chi connectivity index (χ0n) is 10.5. The van der Waals surface area contributed by atoms with Crippen LogP contribution in [0.5, 0.6) is 0 Å². The van der Waals surface area contributed by atoms with Crippen LogP contribution in [0.3, 0.4) is 0 Å². The Hall–Kier alpha value is -0.290. The van der Waals surface area contributed by atoms with Crippen LogP contribution in [0.1, 0.15) is 45.4 Å². The third-order valence-corrected chi connectivity index (χ3v) is 3.59. The lowest BCUT2D eigenvalue weighted by molar-refractivity contribution is -0.136. The van der Waals surface area contributed by atoms with Crippen LogP contribution in [0.4, 0.5) is 13.2 Å². The van der Waals surface area contributed by atoms with Gasteiger partial charge in [0.15, 0.2) is 0 Å². The van der Waals surface area contributed by atoms with Crippen molar-refractivity contribution < 1.29 is 13.2 Å². The lowest BCUT2D eigenvalue weighted by atomic mass is 9.98. The maximum Gasteiger partial charge on any atom is 0.389 e. The molecular weight excluding hydrogens is 229 g/mol. The van der Waals surface area contributed by atoms with E-state index in [1.165, 1.54) is 6.42 Å². The first kappa shape index (κ1) is 14.8. The minimum absolute atomic E-state index is 0.214. The van der Waals surface area contributed by atoms with Crippen LogP contribution < -0.4 is 5.73 Å². The van der Waals surface area contributed by atoms with Gasteiger partial charge in [-0.05, 0) is 39.2 Å². The van der Waals surface area contributed by atoms with Gasteiger partial charge in [0.25, 0.3) is 0 Å². The quantitative estimate of drug-likeness (QED) is 0.815. The van der Waals surface area contributed by atoms with Crippen LogP contribution in [-0.4, -0.2) is 36.2 Å². The van der Waals surface area contributed by atoms with Crippen LogP contribution in [0, 0.1) is 0 Å². The maximum absolute atomic E-state index is 12.1. The van der Waals surface area contributed by atoms with Crippen LogP contribution >= 0.6 is 0 Å². The van der Waals surface area contributed by atoms with E-state index in [2.05, 4.69) is 4.90 Å². The van der Waals surface area contributed by atoms with E-state index in [4.69, 9.17) is 5.73 Å². The van der Waals surface area contributed by atoms with E-state index < -0.39 is 12.6 Å². The molecule has 1 saturated heterocycles. The molecule has 0 saturated carbocycles. The van der Waals surface area contributed by atoms with E-state index in [1.54, 1.807) is 0 Å². The predicted molar refractivity (Wildman–Crippen MR) is 62.8 cm³/mol. The Balaban J connectivity index is 2.32. The molecule has 1 rings (SSSR count). The number of nitrogens with two attached hydrogens (primary N) is 1. The Morgan fingerprint density at radius 1 is 1.35 bits per heavy atom. The molecule has 0 aromatic heterocycles. The number of nitrogens with zero attached hydrogens (tertiary/aromatic N) is 1. The van der Waals surface area contributed by atoms with Gasteiger partial charge in [-0.15, -0.1) is 0 Å². The van der Waals surface area contributed by atoms with Gasteiger partial charge < -0.3 is 5.73 Å². The molecule has 1 aliphatic rings. The van der Waals surface area contributed by atoms with Crippen molar-refractivity contribution in [1.29, 1.82) is 0 Å². The third-order valence-electron chi connectivity index (χ3n) is 3.59. The van der Waals surface area contributed by atoms with E-state index in [0.717, 1.165) is 19.4 Å². The molecule has 2 N–H and O–H groups in total. The molecular formula is C12H23F3N2. The molecule has 0 aromatic rings. The molecule has 2 atom stereocenters. The van der Waals surface area contributed by atoms with Crippen molar-refractivity contribution in [2.45, 2.75) is 63.7 Å². The smallest absolute Gasteiger partial charge is 0.329 e. The van der Waals surface area contributed by atoms with Crippen LogP contribution in [0.15, 0.2) is 0 Å². The highest BCUT2D eigenvalue weighted by Crippen LogP contribution is 2.25. The standard InChI is InChI=1S/C12H23F3N2/c1-10(5-4-7-12(13,14)15)17-8-3-2-6-11(17)9-16/h10-11H,2-9,16H2,1H3. The highest BCUT2D eigenvalue weighted by Gasteiger charge is 2.29. The molecule has 1 aliphatic heterocycles. The topological polar surface area (TPSA) is 29.3 Å². The summed E-state index contributed by atoms with van der Waals surface area (Å²) in [5.74, 6) is 0. The Morgan fingerprint density at radius 2 is 2.06 bits per heavy atom. The monoisotopic (exact) mass is 252 g/mol. The Kier molecular flexibility index (Phi) is 5.73. The van der Waals surface area contributed by atoms with Crippen molar-refractivity contribution in [2.75, 3.05) is 13.1 Å². The van der Waals surface area contributed by atoms with Gasteiger partial charge in [-0.2, -0.15) is 13.2 Å². The first-order valence-corrected chi connectivity index (χ1v) is 6.46. The molecule has 0 aliphatic carbocycles. The van der Waals surface area contributed by atoms with E-state index in [-0.39, 0.29) is 12.5 Å². The van der Waals surface area contributed by atoms with Gasteiger partial charge >= 0.3 is 6.18 Å². The van der Waals surface area contributed by atoms with E-state index in [0.29, 0.717) is 19.0 Å². The van der Waals surface area contributed by atoms with E-state index in [1.807, 2.05) is 6.92 Å². The molecule has 0 amide bonds. The molecule has 2 nitrogen and oxygen atoms in total. The summed E-state index contributed by atoms with van der Waals surface area (Å²) in [6.07, 6.45) is -0.449. The zero-order valence-corrected chi connectivity index (χ0v) is 10.5. The molecule has 1 heterocycles. The summed E-state index contributed by atoms with van der Waals surface area (Å²) in [6.45, 7) is 3.61. The summed E-state index contributed by atoms with van der Waals surface area (Å²) in [5.41, 5.74) is 5.71. The minimum Gasteiger partial charge on any atom is -0.329 e. The van der Waals surface area contributed by atoms with Crippen molar-refractivity contribution in [2.24, 2.45) is 5.73 Å². The summed E-state index contributed by atoms with van der Waals surface area (Å²) >= 11 is 0. The summed E-state index contributed by atoms with van der Waals surface area (Å²) in [7, 11) is 0. The van der Waals surface area contributed by atoms with Crippen LogP contribution in [0.2, 0.25) is 0 Å². The van der Waals surface area contributed by atoms with Gasteiger partial charge in [0.1, 0.15) is 0 Å². The molecule has 1 fully saturated rings. The average molecular weight is 252 g/mol. The number of rotatable bonds is 5. The van der Waals surface area contributed by atoms with Crippen LogP contribution in [-0.2, 0) is 0 Å². The Bertz CT molecular complexity index is 218. The van der Waals surface area contributed by atoms with Gasteiger partial charge in [-0.1, -0.05) is 6.42 Å². The number of hydrogen-bond acceptors (Lipinski definition) is 2. The summed E-state index contributed by atoms with van der Waals surface area (Å²) in [6, 6.07) is 0.579. The second-order valence-electron chi connectivity index (χ2n) is 4.98. The molecule has 102 valence electrons. The number of likely N-dealkylation sites (tertiary alicyclic amines) is 1. The van der Waals surface area contributed by atoms with E-state index >= 15 is 0 Å². The normalized spacial score (nSPS) is 24.9. The van der Waals surface area contributed by atoms with Crippen molar-refractivity contribution in [3.63, 3.8) is 0 Å². The second-order valence-corrected chi connectivity index (χ2v) is 4.98. The molecule has 0 bridgehead atoms. The molecule has 5 heteroatoms. The fourth-order valence-electron chi connectivity index (χ4n) is 2.62. The summed E-state index contributed by atoms with van der Waals surface area (Å²) < 4.78 is 36.2. The Labute approximate surface area is 101 Å². The zero-order chi connectivity index (χ0) is 12.9. The lowest BCUT2D eigenvalue weighted by Crippen LogP contribution is -2.48. The van der Waals surface area contributed by atoms with Gasteiger partial charge in [0, 0.05) is 25.0 Å². The lowest BCUT2D eigenvalue weighted by Gasteiger charge is -2.39. The maximum atomic E-state index is 12.1. The largest absolute Gasteiger partial charge is 0.389 e. The van der Waals surface area contributed by atoms with Crippen molar-refractivity contribution in [3.05, 3.63) is 0 Å². The third kappa shape index (κ3) is 5.25. The number of halogens is 3. The van der Waals surface area contributed by atoms with Crippen molar-refractivity contribution in [3.8, 4) is 0 Å². The first-order chi connectivity index (χ1) is 7.94. The fraction of sp³-hybridized carbons (Fsp3) is 1.00. The van der Waals surface area contributed by atoms with Gasteiger partial charge in [0.05, 0.1) is 0 Å². The first-order valence-electron chi connectivity index (χ1n) is 6.46. The fourth-order valence-corrected chi connectivity index (χ4v) is 2.62. The van der Waals surface area contributed by atoms with Gasteiger partial charge in [0.2, 0.25) is 0 Å². The highest BCUT2D eigenvalue weighted by molar-refractivity contribution is 4.81. The second kappa shape index (κ2) is 6.59. The minimum atomic E-state index is -4.02. The van der Waals surface area contributed by atoms with Crippen LogP contribution in [0.25, 0.3) is 0 Å². The number of hydrogen-bond donors (Lipinski definition) is 1. The van der Waals surface area contributed by atoms with Crippen molar-refractivity contribution >= 4 is 0 Å². The van der Waals surface area contributed by atoms with E-state index in [9.17, 15) is 13.2 Å². The summed E-state index contributed by atoms with van der Waals surface area (Å²) in [5, 5.41) is 0. The van der Waals surface area contributed by atoms with Crippen molar-refractivity contribution in [1.82, 2.24) is 4.90 Å². The molecule has 17 heavy (non-hydrogen) atoms. The SMILES string of the molecule is CC(CCCC(F)(F)F)N1CCCCC1CN. The average Bonchev–Trinajstić information content (AvgIpc) is 2.27. The number of alkyl halides is 3. The highest BCUT2D eigenvalue weighted by atomic mass is 19.4. The number of piperidine rings is 1. The predicted octanol–water partition coefficient (Wildman–Crippen LogP) is 2.92. The molecule has 0 radical (unpaired) electrons. The molecule has 2 unspecified atom stereocenters. The van der Waals surface area contributed by atoms with Gasteiger partial charge in [-0.25, -0.2) is 0 Å². The molecule has 0 spiro atoms. The summed E-state index contributed by atoms with van der Waals surface area (Å²) in [4.78, 5) is 2.29.